The Hall–Kier alpha value is -2.63. The number of esters is 1. The van der Waals surface area contributed by atoms with E-state index in [9.17, 15) is 4.79 Å². The molecule has 3 rings (SSSR count). The number of hydrogen-bond acceptors (Lipinski definition) is 6. The lowest BCUT2D eigenvalue weighted by atomic mass is 9.82. The van der Waals surface area contributed by atoms with E-state index in [1.807, 2.05) is 0 Å². The third-order valence-electron chi connectivity index (χ3n) is 4.45. The van der Waals surface area contributed by atoms with Crippen LogP contribution >= 0.6 is 0 Å². The normalized spacial score (nSPS) is 20.5. The summed E-state index contributed by atoms with van der Waals surface area (Å²) in [4.78, 5) is 20.9. The number of hydrogen-bond donors (Lipinski definition) is 2. The van der Waals surface area contributed by atoms with Gasteiger partial charge in [-0.15, -0.1) is 0 Å². The van der Waals surface area contributed by atoms with Crippen molar-refractivity contribution in [1.82, 2.24) is 9.97 Å². The minimum Gasteiger partial charge on any atom is -0.420 e. The summed E-state index contributed by atoms with van der Waals surface area (Å²) in [5.41, 5.74) is 12.5. The van der Waals surface area contributed by atoms with Crippen LogP contribution in [0.2, 0.25) is 0 Å². The van der Waals surface area contributed by atoms with Crippen LogP contribution in [0.4, 0.5) is 11.4 Å². The number of nitrogens with two attached hydrogens (primary N) is 2. The monoisotopic (exact) mass is 326 g/mol. The summed E-state index contributed by atoms with van der Waals surface area (Å²) in [6.07, 6.45) is 7.75. The fourth-order valence-electron chi connectivity index (χ4n) is 3.07. The predicted octanol–water partition coefficient (Wildman–Crippen LogP) is 3.15. The van der Waals surface area contributed by atoms with Gasteiger partial charge in [0.25, 0.3) is 0 Å². The summed E-state index contributed by atoms with van der Waals surface area (Å²) in [6, 6.07) is 4.63. The first-order chi connectivity index (χ1) is 11.5. The number of carbonyl (C=O) groups is 1. The van der Waals surface area contributed by atoms with E-state index < -0.39 is 5.97 Å². The quantitative estimate of drug-likeness (QED) is 0.663. The minimum atomic E-state index is -0.531. The maximum atomic E-state index is 12.2. The molecule has 0 saturated heterocycles. The number of carbonyl (C=O) groups excluding carboxylic acids is 1. The summed E-state index contributed by atoms with van der Waals surface area (Å²) >= 11 is 0. The van der Waals surface area contributed by atoms with Crippen molar-refractivity contribution in [2.75, 3.05) is 11.5 Å². The Balaban J connectivity index is 1.66. The molecule has 1 aromatic heterocycles. The Morgan fingerprint density at radius 3 is 2.21 bits per heavy atom. The standard InChI is InChI=1S/C18H22N4O2/c1-11-2-4-12(5-3-11)17-21-9-16(10-22-17)24-18(23)13-6-14(19)8-15(20)7-13/h6-12H,2-5,19-20H2,1H3. The van der Waals surface area contributed by atoms with E-state index >= 15 is 0 Å². The lowest BCUT2D eigenvalue weighted by Gasteiger charge is -2.24. The van der Waals surface area contributed by atoms with Gasteiger partial charge in [-0.2, -0.15) is 0 Å². The van der Waals surface area contributed by atoms with E-state index in [0.717, 1.165) is 24.6 Å². The van der Waals surface area contributed by atoms with Gasteiger partial charge >= 0.3 is 5.97 Å². The van der Waals surface area contributed by atoms with Crippen molar-refractivity contribution < 1.29 is 9.53 Å². The number of anilines is 2. The molecule has 24 heavy (non-hydrogen) atoms. The number of benzene rings is 1. The summed E-state index contributed by atoms with van der Waals surface area (Å²) in [6.45, 7) is 2.28. The van der Waals surface area contributed by atoms with Gasteiger partial charge in [0.05, 0.1) is 18.0 Å². The van der Waals surface area contributed by atoms with Crippen molar-refractivity contribution in [1.29, 1.82) is 0 Å². The van der Waals surface area contributed by atoms with Crippen LogP contribution in [0.1, 0.15) is 54.7 Å². The molecule has 0 amide bonds. The van der Waals surface area contributed by atoms with Gasteiger partial charge in [-0.25, -0.2) is 14.8 Å². The summed E-state index contributed by atoms with van der Waals surface area (Å²) in [7, 11) is 0. The number of nitrogens with zero attached hydrogens (tertiary/aromatic N) is 2. The molecule has 4 N–H and O–H groups in total. The third-order valence-corrected chi connectivity index (χ3v) is 4.45. The topological polar surface area (TPSA) is 104 Å². The van der Waals surface area contributed by atoms with Crippen molar-refractivity contribution in [2.45, 2.75) is 38.5 Å². The molecule has 0 unspecified atom stereocenters. The number of aromatic nitrogens is 2. The zero-order valence-electron chi connectivity index (χ0n) is 13.7. The highest BCUT2D eigenvalue weighted by Crippen LogP contribution is 2.33. The fraction of sp³-hybridized carbons (Fsp3) is 0.389. The molecule has 126 valence electrons. The van der Waals surface area contributed by atoms with Gasteiger partial charge in [0.1, 0.15) is 5.82 Å². The maximum Gasteiger partial charge on any atom is 0.343 e. The average molecular weight is 326 g/mol. The molecule has 1 aromatic carbocycles. The Labute approximate surface area is 141 Å². The molecule has 0 atom stereocenters. The van der Waals surface area contributed by atoms with Crippen molar-refractivity contribution in [2.24, 2.45) is 5.92 Å². The van der Waals surface area contributed by atoms with Crippen LogP contribution in [0, 0.1) is 5.92 Å². The highest BCUT2D eigenvalue weighted by Gasteiger charge is 2.22. The molecule has 0 spiro atoms. The van der Waals surface area contributed by atoms with Crippen LogP contribution in [0.3, 0.4) is 0 Å². The van der Waals surface area contributed by atoms with Gasteiger partial charge in [-0.1, -0.05) is 19.8 Å². The van der Waals surface area contributed by atoms with Crippen molar-refractivity contribution in [3.8, 4) is 5.75 Å². The first-order valence-electron chi connectivity index (χ1n) is 8.21. The molecular formula is C18H22N4O2. The molecular weight excluding hydrogens is 304 g/mol. The van der Waals surface area contributed by atoms with Gasteiger partial charge in [-0.05, 0) is 37.0 Å². The largest absolute Gasteiger partial charge is 0.420 e. The smallest absolute Gasteiger partial charge is 0.343 e. The second-order valence-electron chi connectivity index (χ2n) is 6.51. The van der Waals surface area contributed by atoms with E-state index in [1.165, 1.54) is 25.0 Å². The molecule has 0 radical (unpaired) electrons. The lowest BCUT2D eigenvalue weighted by molar-refractivity contribution is 0.0733. The molecule has 1 aliphatic carbocycles. The number of ether oxygens (including phenoxy) is 1. The molecule has 1 fully saturated rings. The average Bonchev–Trinajstić information content (AvgIpc) is 2.55. The molecule has 6 nitrogen and oxygen atoms in total. The van der Waals surface area contributed by atoms with Crippen LogP contribution in [0.15, 0.2) is 30.6 Å². The minimum absolute atomic E-state index is 0.304. The predicted molar refractivity (Wildman–Crippen MR) is 92.6 cm³/mol. The van der Waals surface area contributed by atoms with Crippen LogP contribution in [0.25, 0.3) is 0 Å². The molecule has 1 aliphatic rings. The van der Waals surface area contributed by atoms with Gasteiger partial charge in [-0.3, -0.25) is 0 Å². The molecule has 1 heterocycles. The second kappa shape index (κ2) is 6.86. The molecule has 0 bridgehead atoms. The van der Waals surface area contributed by atoms with Crippen molar-refractivity contribution in [3.05, 3.63) is 42.0 Å². The van der Waals surface area contributed by atoms with E-state index in [0.29, 0.717) is 28.6 Å². The molecule has 1 saturated carbocycles. The molecule has 6 heteroatoms. The zero-order chi connectivity index (χ0) is 17.1. The molecule has 0 aliphatic heterocycles. The van der Waals surface area contributed by atoms with Crippen LogP contribution < -0.4 is 16.2 Å². The van der Waals surface area contributed by atoms with E-state index in [2.05, 4.69) is 16.9 Å². The highest BCUT2D eigenvalue weighted by atomic mass is 16.5. The first-order valence-corrected chi connectivity index (χ1v) is 8.21. The summed E-state index contributed by atoms with van der Waals surface area (Å²) < 4.78 is 5.29. The van der Waals surface area contributed by atoms with Gasteiger partial charge in [0, 0.05) is 17.3 Å². The fourth-order valence-corrected chi connectivity index (χ4v) is 3.07. The van der Waals surface area contributed by atoms with Crippen molar-refractivity contribution >= 4 is 17.3 Å². The van der Waals surface area contributed by atoms with Crippen molar-refractivity contribution in [3.63, 3.8) is 0 Å². The van der Waals surface area contributed by atoms with Gasteiger partial charge in [0.15, 0.2) is 5.75 Å². The number of nitrogen functional groups attached to an aromatic ring is 2. The Bertz CT molecular complexity index is 702. The van der Waals surface area contributed by atoms with Crippen LogP contribution in [0.5, 0.6) is 5.75 Å². The first kappa shape index (κ1) is 16.2. The van der Waals surface area contributed by atoms with E-state index in [1.54, 1.807) is 18.5 Å². The Morgan fingerprint density at radius 2 is 1.62 bits per heavy atom. The Kier molecular flexibility index (Phi) is 4.64. The van der Waals surface area contributed by atoms with Gasteiger partial charge < -0.3 is 16.2 Å². The van der Waals surface area contributed by atoms with Gasteiger partial charge in [0.2, 0.25) is 0 Å². The summed E-state index contributed by atoms with van der Waals surface area (Å²) in [5.74, 6) is 1.80. The van der Waals surface area contributed by atoms with E-state index in [-0.39, 0.29) is 0 Å². The van der Waals surface area contributed by atoms with Crippen LogP contribution in [-0.2, 0) is 0 Å². The zero-order valence-corrected chi connectivity index (χ0v) is 13.7. The number of rotatable bonds is 3. The SMILES string of the molecule is CC1CCC(c2ncc(OC(=O)c3cc(N)cc(N)c3)cn2)CC1. The molecule has 2 aromatic rings. The van der Waals surface area contributed by atoms with E-state index in [4.69, 9.17) is 16.2 Å². The maximum absolute atomic E-state index is 12.2. The Morgan fingerprint density at radius 1 is 1.04 bits per heavy atom. The second-order valence-corrected chi connectivity index (χ2v) is 6.51. The highest BCUT2D eigenvalue weighted by molar-refractivity contribution is 5.93. The van der Waals surface area contributed by atoms with Crippen LogP contribution in [-0.4, -0.2) is 15.9 Å². The summed E-state index contributed by atoms with van der Waals surface area (Å²) in [5, 5.41) is 0. The lowest BCUT2D eigenvalue weighted by Crippen LogP contribution is -2.14. The third kappa shape index (κ3) is 3.82.